The van der Waals surface area contributed by atoms with Gasteiger partial charge >= 0.3 is 0 Å². The molecule has 0 aliphatic carbocycles. The van der Waals surface area contributed by atoms with E-state index in [1.165, 1.54) is 23.4 Å². The number of amides is 2. The largest absolute Gasteiger partial charge is 0.326 e. The summed E-state index contributed by atoms with van der Waals surface area (Å²) in [6.45, 7) is 10.3. The SMILES string of the molecule is CC(=O)Nc1ccc(C(=O)Nc2ccc(S(=O)(=O)N(CC(C)C)CC(C)C)cc2)cc1. The van der Waals surface area contributed by atoms with Crippen molar-refractivity contribution in [1.82, 2.24) is 4.31 Å². The summed E-state index contributed by atoms with van der Waals surface area (Å²) in [6, 6.07) is 12.7. The van der Waals surface area contributed by atoms with Crippen LogP contribution in [-0.4, -0.2) is 37.6 Å². The van der Waals surface area contributed by atoms with Gasteiger partial charge in [-0.15, -0.1) is 0 Å². The Morgan fingerprint density at radius 1 is 0.806 bits per heavy atom. The number of nitrogens with one attached hydrogen (secondary N) is 2. The average Bonchev–Trinajstić information content (AvgIpc) is 2.67. The van der Waals surface area contributed by atoms with Gasteiger partial charge in [0.15, 0.2) is 0 Å². The Hall–Kier alpha value is -2.71. The number of hydrogen-bond donors (Lipinski definition) is 2. The molecule has 7 nitrogen and oxygen atoms in total. The molecule has 2 N–H and O–H groups in total. The van der Waals surface area contributed by atoms with Crippen molar-refractivity contribution in [3.8, 4) is 0 Å². The Bertz CT molecular complexity index is 988. The maximum atomic E-state index is 13.1. The molecular weight excluding hydrogens is 414 g/mol. The first-order valence-corrected chi connectivity index (χ1v) is 11.7. The Labute approximate surface area is 184 Å². The molecule has 8 heteroatoms. The van der Waals surface area contributed by atoms with Crippen LogP contribution in [0.3, 0.4) is 0 Å². The molecule has 0 aliphatic rings. The lowest BCUT2D eigenvalue weighted by Crippen LogP contribution is -2.37. The van der Waals surface area contributed by atoms with Gasteiger partial charge in [-0.05, 0) is 60.4 Å². The minimum atomic E-state index is -3.62. The van der Waals surface area contributed by atoms with Gasteiger partial charge in [0.05, 0.1) is 4.90 Å². The zero-order valence-corrected chi connectivity index (χ0v) is 19.5. The Balaban J connectivity index is 2.13. The van der Waals surface area contributed by atoms with Crippen LogP contribution in [0.1, 0.15) is 45.0 Å². The second kappa shape index (κ2) is 10.5. The number of rotatable bonds is 9. The van der Waals surface area contributed by atoms with Gasteiger partial charge in [0.25, 0.3) is 5.91 Å². The molecular formula is C23H31N3O4S. The summed E-state index contributed by atoms with van der Waals surface area (Å²) in [7, 11) is -3.62. The van der Waals surface area contributed by atoms with E-state index in [0.29, 0.717) is 30.0 Å². The summed E-state index contributed by atoms with van der Waals surface area (Å²) < 4.78 is 27.7. The van der Waals surface area contributed by atoms with Gasteiger partial charge in [0.2, 0.25) is 15.9 Å². The van der Waals surface area contributed by atoms with E-state index in [9.17, 15) is 18.0 Å². The minimum absolute atomic E-state index is 0.187. The van der Waals surface area contributed by atoms with E-state index < -0.39 is 10.0 Å². The topological polar surface area (TPSA) is 95.6 Å². The molecule has 0 fully saturated rings. The second-order valence-electron chi connectivity index (χ2n) is 8.35. The maximum absolute atomic E-state index is 13.1. The predicted octanol–water partition coefficient (Wildman–Crippen LogP) is 4.20. The molecule has 2 aromatic carbocycles. The molecule has 0 unspecified atom stereocenters. The van der Waals surface area contributed by atoms with E-state index in [0.717, 1.165) is 0 Å². The second-order valence-corrected chi connectivity index (χ2v) is 10.3. The highest BCUT2D eigenvalue weighted by molar-refractivity contribution is 7.89. The summed E-state index contributed by atoms with van der Waals surface area (Å²) in [4.78, 5) is 23.7. The van der Waals surface area contributed by atoms with E-state index in [2.05, 4.69) is 10.6 Å². The smallest absolute Gasteiger partial charge is 0.255 e. The van der Waals surface area contributed by atoms with Gasteiger partial charge in [-0.3, -0.25) is 9.59 Å². The number of carbonyl (C=O) groups excluding carboxylic acids is 2. The van der Waals surface area contributed by atoms with Crippen molar-refractivity contribution in [2.24, 2.45) is 11.8 Å². The highest BCUT2D eigenvalue weighted by atomic mass is 32.2. The monoisotopic (exact) mass is 445 g/mol. The van der Waals surface area contributed by atoms with E-state index in [1.807, 2.05) is 27.7 Å². The number of anilines is 2. The molecule has 0 atom stereocenters. The quantitative estimate of drug-likeness (QED) is 0.605. The molecule has 168 valence electrons. The van der Waals surface area contributed by atoms with Crippen molar-refractivity contribution in [1.29, 1.82) is 0 Å². The molecule has 0 spiro atoms. The van der Waals surface area contributed by atoms with E-state index >= 15 is 0 Å². The molecule has 0 heterocycles. The van der Waals surface area contributed by atoms with E-state index in [4.69, 9.17) is 0 Å². The van der Waals surface area contributed by atoms with Crippen molar-refractivity contribution in [2.45, 2.75) is 39.5 Å². The first kappa shape index (κ1) is 24.6. The van der Waals surface area contributed by atoms with Gasteiger partial charge < -0.3 is 10.6 Å². The average molecular weight is 446 g/mol. The van der Waals surface area contributed by atoms with Crippen LogP contribution in [-0.2, 0) is 14.8 Å². The van der Waals surface area contributed by atoms with E-state index in [-0.39, 0.29) is 28.5 Å². The molecule has 0 saturated carbocycles. The fourth-order valence-corrected chi connectivity index (χ4v) is 4.82. The molecule has 0 aliphatic heterocycles. The molecule has 2 aromatic rings. The van der Waals surface area contributed by atoms with Crippen LogP contribution in [0.25, 0.3) is 0 Å². The maximum Gasteiger partial charge on any atom is 0.255 e. The fourth-order valence-electron chi connectivity index (χ4n) is 3.06. The Kier molecular flexibility index (Phi) is 8.36. The van der Waals surface area contributed by atoms with Gasteiger partial charge in [0, 0.05) is 37.0 Å². The van der Waals surface area contributed by atoms with Crippen molar-refractivity contribution in [2.75, 3.05) is 23.7 Å². The highest BCUT2D eigenvalue weighted by Gasteiger charge is 2.25. The minimum Gasteiger partial charge on any atom is -0.326 e. The third-order valence-electron chi connectivity index (χ3n) is 4.35. The molecule has 0 radical (unpaired) electrons. The molecule has 0 aromatic heterocycles. The van der Waals surface area contributed by atoms with Crippen LogP contribution in [0.5, 0.6) is 0 Å². The normalized spacial score (nSPS) is 11.7. The summed E-state index contributed by atoms with van der Waals surface area (Å²) in [5.74, 6) is -0.0907. The third kappa shape index (κ3) is 7.18. The first-order chi connectivity index (χ1) is 14.5. The first-order valence-electron chi connectivity index (χ1n) is 10.3. The van der Waals surface area contributed by atoms with E-state index in [1.54, 1.807) is 36.4 Å². The zero-order valence-electron chi connectivity index (χ0n) is 18.7. The molecule has 31 heavy (non-hydrogen) atoms. The fraction of sp³-hybridized carbons (Fsp3) is 0.391. The van der Waals surface area contributed by atoms with Crippen LogP contribution in [0.15, 0.2) is 53.4 Å². The standard InChI is InChI=1S/C23H31N3O4S/c1-16(2)14-26(15-17(3)4)31(29,30)22-12-10-21(11-13-22)25-23(28)19-6-8-20(9-7-19)24-18(5)27/h6-13,16-17H,14-15H2,1-5H3,(H,24,27)(H,25,28). The van der Waals surface area contributed by atoms with Gasteiger partial charge in [-0.2, -0.15) is 4.31 Å². The summed E-state index contributed by atoms with van der Waals surface area (Å²) in [5, 5.41) is 5.40. The van der Waals surface area contributed by atoms with Crippen molar-refractivity contribution in [3.05, 3.63) is 54.1 Å². The van der Waals surface area contributed by atoms with Crippen LogP contribution >= 0.6 is 0 Å². The summed E-state index contributed by atoms with van der Waals surface area (Å²) in [6.07, 6.45) is 0. The molecule has 0 bridgehead atoms. The third-order valence-corrected chi connectivity index (χ3v) is 6.20. The lowest BCUT2D eigenvalue weighted by molar-refractivity contribution is -0.114. The predicted molar refractivity (Wildman–Crippen MR) is 124 cm³/mol. The zero-order chi connectivity index (χ0) is 23.2. The number of sulfonamides is 1. The van der Waals surface area contributed by atoms with Crippen molar-refractivity contribution >= 4 is 33.2 Å². The number of carbonyl (C=O) groups is 2. The van der Waals surface area contributed by atoms with Crippen LogP contribution in [0, 0.1) is 11.8 Å². The van der Waals surface area contributed by atoms with Gasteiger partial charge in [0.1, 0.15) is 0 Å². The molecule has 2 amide bonds. The van der Waals surface area contributed by atoms with Crippen LogP contribution in [0.2, 0.25) is 0 Å². The van der Waals surface area contributed by atoms with Crippen molar-refractivity contribution in [3.63, 3.8) is 0 Å². The van der Waals surface area contributed by atoms with Crippen LogP contribution in [0.4, 0.5) is 11.4 Å². The summed E-state index contributed by atoms with van der Waals surface area (Å²) >= 11 is 0. The number of hydrogen-bond acceptors (Lipinski definition) is 4. The van der Waals surface area contributed by atoms with Gasteiger partial charge in [-0.1, -0.05) is 27.7 Å². The lowest BCUT2D eigenvalue weighted by atomic mass is 10.2. The lowest BCUT2D eigenvalue weighted by Gasteiger charge is -2.25. The Morgan fingerprint density at radius 2 is 1.26 bits per heavy atom. The summed E-state index contributed by atoms with van der Waals surface area (Å²) in [5.41, 5.74) is 1.52. The Morgan fingerprint density at radius 3 is 1.71 bits per heavy atom. The number of benzene rings is 2. The molecule has 0 saturated heterocycles. The van der Waals surface area contributed by atoms with Gasteiger partial charge in [-0.25, -0.2) is 8.42 Å². The van der Waals surface area contributed by atoms with Crippen molar-refractivity contribution < 1.29 is 18.0 Å². The molecule has 2 rings (SSSR count). The highest BCUT2D eigenvalue weighted by Crippen LogP contribution is 2.21. The number of nitrogens with zero attached hydrogens (tertiary/aromatic N) is 1. The van der Waals surface area contributed by atoms with Crippen LogP contribution < -0.4 is 10.6 Å².